The molecule has 3 unspecified atom stereocenters. The summed E-state index contributed by atoms with van der Waals surface area (Å²) in [6.45, 7) is 12.1. The fourth-order valence-corrected chi connectivity index (χ4v) is 12.7. The molecule has 7 rings (SSSR count). The van der Waals surface area contributed by atoms with E-state index in [0.29, 0.717) is 30.1 Å². The molecule has 6 nitrogen and oxygen atoms in total. The van der Waals surface area contributed by atoms with Gasteiger partial charge in [-0.15, -0.1) is 0 Å². The first kappa shape index (κ1) is 29.5. The molecule has 0 spiro atoms. The Bertz CT molecular complexity index is 1080. The summed E-state index contributed by atoms with van der Waals surface area (Å²) < 4.78 is 7.33. The third-order valence-electron chi connectivity index (χ3n) is 14.3. The summed E-state index contributed by atoms with van der Waals surface area (Å²) in [6.07, 6.45) is 17.4. The van der Waals surface area contributed by atoms with Gasteiger partial charge in [0.15, 0.2) is 0 Å². The molecule has 234 valence electrons. The number of allylic oxidation sites excluding steroid dienone is 1. The van der Waals surface area contributed by atoms with Crippen molar-refractivity contribution in [2.24, 2.45) is 57.7 Å². The second-order valence-corrected chi connectivity index (χ2v) is 16.1. The molecule has 42 heavy (non-hydrogen) atoms. The summed E-state index contributed by atoms with van der Waals surface area (Å²) in [5.74, 6) is 1.77. The van der Waals surface area contributed by atoms with Gasteiger partial charge >= 0.3 is 5.97 Å². The van der Waals surface area contributed by atoms with Crippen LogP contribution in [0, 0.1) is 57.7 Å². The Hall–Kier alpha value is -1.24. The zero-order valence-corrected chi connectivity index (χ0v) is 26.5. The molecule has 2 saturated heterocycles. The highest BCUT2D eigenvalue weighted by molar-refractivity contribution is 5.90. The molecule has 7 aliphatic rings. The van der Waals surface area contributed by atoms with E-state index in [2.05, 4.69) is 37.1 Å². The topological polar surface area (TPSA) is 78.9 Å². The highest BCUT2D eigenvalue weighted by Gasteiger charge is 2.86. The first-order chi connectivity index (χ1) is 20.3. The smallest absolute Gasteiger partial charge is 0.315 e. The molecule has 0 amide bonds. The van der Waals surface area contributed by atoms with Crippen LogP contribution in [0.5, 0.6) is 0 Å². The van der Waals surface area contributed by atoms with Gasteiger partial charge in [0.1, 0.15) is 11.7 Å². The van der Waals surface area contributed by atoms with Gasteiger partial charge in [0, 0.05) is 25.0 Å². The molecular formula is C36H56N2O4. The summed E-state index contributed by atoms with van der Waals surface area (Å²) in [5.41, 5.74) is -1.41. The summed E-state index contributed by atoms with van der Waals surface area (Å²) >= 11 is 0. The number of nitrogens with zero attached hydrogens (tertiary/aromatic N) is 1. The first-order valence-electron chi connectivity index (χ1n) is 17.8. The van der Waals surface area contributed by atoms with E-state index in [0.717, 1.165) is 50.9 Å². The fraction of sp³-hybridized carbons (Fsp3) is 0.889. The molecule has 0 aromatic rings. The zero-order chi connectivity index (χ0) is 29.3. The molecule has 6 heteroatoms. The van der Waals surface area contributed by atoms with Crippen molar-refractivity contribution in [1.82, 2.24) is 10.2 Å². The molecule has 0 aromatic heterocycles. The summed E-state index contributed by atoms with van der Waals surface area (Å²) in [4.78, 5) is 30.1. The maximum absolute atomic E-state index is 14.0. The van der Waals surface area contributed by atoms with Crippen molar-refractivity contribution in [3.8, 4) is 0 Å². The van der Waals surface area contributed by atoms with Crippen LogP contribution in [0.25, 0.3) is 0 Å². The lowest BCUT2D eigenvalue weighted by atomic mass is 9.41. The Labute approximate surface area is 253 Å². The van der Waals surface area contributed by atoms with E-state index in [1.54, 1.807) is 0 Å². The average Bonchev–Trinajstić information content (AvgIpc) is 3.80. The fourth-order valence-electron chi connectivity index (χ4n) is 12.7. The number of fused-ring (bicyclic) bond motifs is 2. The van der Waals surface area contributed by atoms with Crippen molar-refractivity contribution < 1.29 is 19.4 Å². The van der Waals surface area contributed by atoms with E-state index < -0.39 is 22.2 Å². The Morgan fingerprint density at radius 2 is 1.86 bits per heavy atom. The highest BCUT2D eigenvalue weighted by atomic mass is 16.5. The average molecular weight is 581 g/mol. The first-order valence-corrected chi connectivity index (χ1v) is 17.8. The van der Waals surface area contributed by atoms with E-state index in [9.17, 15) is 14.7 Å². The summed E-state index contributed by atoms with van der Waals surface area (Å²) in [5, 5.41) is 15.3. The van der Waals surface area contributed by atoms with Crippen LogP contribution in [0.4, 0.5) is 0 Å². The second-order valence-electron chi connectivity index (χ2n) is 16.1. The summed E-state index contributed by atoms with van der Waals surface area (Å²) in [6, 6.07) is 0. The van der Waals surface area contributed by atoms with Crippen molar-refractivity contribution >= 4 is 12.3 Å². The number of rotatable bonds is 10. The van der Waals surface area contributed by atoms with Gasteiger partial charge in [-0.3, -0.25) is 4.79 Å². The quantitative estimate of drug-likeness (QED) is 0.189. The standard InChI is InChI=1S/C36H56N2O4/c1-23(2)30-17-26-19-34(22-39)29-12-11-24(3)28(29)20-35(26,36(30,34)33(40)41)32-18-27(25-9-5-4-6-10-25)31(42-32)21-37-13-16-38-14-7-8-15-38/h17,22-29,31-32,37H,4-16,18-21H2,1-3H3,(H,40,41)/t24-,26?,27+,28-,29-,31+,32-,34?,35?,36+/m1/s1. The predicted molar refractivity (Wildman–Crippen MR) is 164 cm³/mol. The van der Waals surface area contributed by atoms with Crippen LogP contribution in [-0.4, -0.2) is 67.2 Å². The Balaban J connectivity index is 1.24. The predicted octanol–water partition coefficient (Wildman–Crippen LogP) is 5.95. The molecule has 4 bridgehead atoms. The number of carboxylic acid groups (broad SMARTS) is 1. The largest absolute Gasteiger partial charge is 0.481 e. The number of carbonyl (C=O) groups excluding carboxylic acids is 1. The van der Waals surface area contributed by atoms with E-state index in [4.69, 9.17) is 4.74 Å². The number of hydrogen-bond acceptors (Lipinski definition) is 5. The van der Waals surface area contributed by atoms with Crippen molar-refractivity contribution in [3.63, 3.8) is 0 Å². The number of ether oxygens (including phenoxy) is 1. The van der Waals surface area contributed by atoms with Crippen LogP contribution in [0.3, 0.4) is 0 Å². The van der Waals surface area contributed by atoms with E-state index in [1.807, 2.05) is 0 Å². The Kier molecular flexibility index (Phi) is 7.70. The van der Waals surface area contributed by atoms with Crippen molar-refractivity contribution in [2.45, 2.75) is 110 Å². The molecular weight excluding hydrogens is 524 g/mol. The molecule has 2 N–H and O–H groups in total. The highest BCUT2D eigenvalue weighted by Crippen LogP contribution is 2.84. The van der Waals surface area contributed by atoms with Gasteiger partial charge in [0.05, 0.1) is 17.6 Å². The minimum absolute atomic E-state index is 0.0982. The van der Waals surface area contributed by atoms with Gasteiger partial charge in [-0.1, -0.05) is 70.9 Å². The number of carboxylic acids is 1. The maximum atomic E-state index is 14.0. The lowest BCUT2D eigenvalue weighted by Gasteiger charge is -2.60. The van der Waals surface area contributed by atoms with Crippen molar-refractivity contribution in [2.75, 3.05) is 32.7 Å². The van der Waals surface area contributed by atoms with Gasteiger partial charge in [-0.25, -0.2) is 0 Å². The maximum Gasteiger partial charge on any atom is 0.315 e. The molecule has 0 radical (unpaired) electrons. The minimum Gasteiger partial charge on any atom is -0.481 e. The van der Waals surface area contributed by atoms with Gasteiger partial charge in [0.25, 0.3) is 0 Å². The normalized spacial score (nSPS) is 46.9. The lowest BCUT2D eigenvalue weighted by Crippen LogP contribution is -2.65. The summed E-state index contributed by atoms with van der Waals surface area (Å²) in [7, 11) is 0. The molecule has 6 fully saturated rings. The minimum atomic E-state index is -1.13. The third kappa shape index (κ3) is 3.92. The van der Waals surface area contributed by atoms with Crippen molar-refractivity contribution in [3.05, 3.63) is 11.6 Å². The number of hydrogen-bond donors (Lipinski definition) is 2. The van der Waals surface area contributed by atoms with Crippen LogP contribution in [0.1, 0.15) is 97.8 Å². The Morgan fingerprint density at radius 3 is 2.55 bits per heavy atom. The molecule has 5 aliphatic carbocycles. The van der Waals surface area contributed by atoms with Crippen LogP contribution in [-0.2, 0) is 14.3 Å². The van der Waals surface area contributed by atoms with Crippen LogP contribution < -0.4 is 5.32 Å². The van der Waals surface area contributed by atoms with Crippen LogP contribution in [0.15, 0.2) is 11.6 Å². The van der Waals surface area contributed by atoms with Crippen LogP contribution >= 0.6 is 0 Å². The molecule has 10 atom stereocenters. The molecule has 2 aliphatic heterocycles. The number of likely N-dealkylation sites (tertiary alicyclic amines) is 1. The molecule has 0 aromatic carbocycles. The van der Waals surface area contributed by atoms with E-state index >= 15 is 0 Å². The zero-order valence-electron chi connectivity index (χ0n) is 26.5. The lowest BCUT2D eigenvalue weighted by molar-refractivity contribution is -0.197. The van der Waals surface area contributed by atoms with Gasteiger partial charge in [-0.2, -0.15) is 0 Å². The SMILES string of the molecule is CC(C)C1=CC2CC3(C=O)[C@@H]4CC[C@@H](C)[C@H]4CC2([C@H]2C[C@@H](C4CCCCC4)[C@H](CNCCN4CCCC4)O2)[C@]13C(=O)O. The van der Waals surface area contributed by atoms with Crippen molar-refractivity contribution in [1.29, 1.82) is 0 Å². The number of aliphatic carboxylic acids is 1. The number of nitrogens with one attached hydrogen (secondary N) is 1. The third-order valence-corrected chi connectivity index (χ3v) is 14.3. The van der Waals surface area contributed by atoms with E-state index in [-0.39, 0.29) is 30.0 Å². The number of aldehydes is 1. The van der Waals surface area contributed by atoms with Crippen LogP contribution in [0.2, 0.25) is 0 Å². The Morgan fingerprint density at radius 1 is 1.10 bits per heavy atom. The molecule has 2 heterocycles. The number of carbonyl (C=O) groups is 2. The monoisotopic (exact) mass is 580 g/mol. The van der Waals surface area contributed by atoms with Gasteiger partial charge in [-0.05, 0) is 93.0 Å². The van der Waals surface area contributed by atoms with Gasteiger partial charge < -0.3 is 24.9 Å². The second kappa shape index (κ2) is 11.0. The molecule has 4 saturated carbocycles. The van der Waals surface area contributed by atoms with E-state index in [1.165, 1.54) is 64.3 Å². The van der Waals surface area contributed by atoms with Gasteiger partial charge in [0.2, 0.25) is 0 Å².